The van der Waals surface area contributed by atoms with Crippen molar-refractivity contribution >= 4 is 52.3 Å². The fraction of sp³-hybridized carbons (Fsp3) is 0.286. The smallest absolute Gasteiger partial charge is 0.229 e. The first-order valence-electron chi connectivity index (χ1n) is 9.75. The van der Waals surface area contributed by atoms with E-state index in [0.29, 0.717) is 21.4 Å². The molecule has 0 bridgehead atoms. The van der Waals surface area contributed by atoms with Gasteiger partial charge in [-0.05, 0) is 37.3 Å². The molecule has 3 amide bonds. The van der Waals surface area contributed by atoms with Crippen LogP contribution in [0, 0.1) is 18.8 Å². The zero-order valence-corrected chi connectivity index (χ0v) is 18.1. The van der Waals surface area contributed by atoms with Crippen LogP contribution in [0.2, 0.25) is 10.0 Å². The zero-order valence-electron chi connectivity index (χ0n) is 16.5. The Kier molecular flexibility index (Phi) is 6.04. The lowest BCUT2D eigenvalue weighted by Gasteiger charge is -2.43. The van der Waals surface area contributed by atoms with Crippen molar-refractivity contribution in [1.82, 2.24) is 16.0 Å². The number of aryl methyl sites for hydroxylation is 1. The number of carbonyl (C=O) groups excluding carboxylic acids is 3. The van der Waals surface area contributed by atoms with Crippen LogP contribution in [0.4, 0.5) is 11.4 Å². The van der Waals surface area contributed by atoms with Gasteiger partial charge in [-0.3, -0.25) is 19.7 Å². The summed E-state index contributed by atoms with van der Waals surface area (Å²) in [6, 6.07) is 12.2. The number of hydrogen-bond donors (Lipinski definition) is 5. The second-order valence-corrected chi connectivity index (χ2v) is 8.46. The molecule has 31 heavy (non-hydrogen) atoms. The van der Waals surface area contributed by atoms with Gasteiger partial charge in [0.05, 0.1) is 28.7 Å². The van der Waals surface area contributed by atoms with Crippen LogP contribution >= 0.6 is 23.2 Å². The predicted octanol–water partition coefficient (Wildman–Crippen LogP) is 2.43. The fourth-order valence-electron chi connectivity index (χ4n) is 3.79. The lowest BCUT2D eigenvalue weighted by molar-refractivity contribution is -0.144. The molecule has 2 saturated heterocycles. The van der Waals surface area contributed by atoms with Gasteiger partial charge in [-0.15, -0.1) is 0 Å². The molecule has 2 aromatic rings. The lowest BCUT2D eigenvalue weighted by Crippen LogP contribution is -2.72. The molecule has 8 nitrogen and oxygen atoms in total. The molecule has 2 aliphatic heterocycles. The number of fused-ring (bicyclic) bond motifs is 1. The Balaban J connectivity index is 1.48. The molecule has 0 aromatic heterocycles. The minimum Gasteiger partial charge on any atom is -0.352 e. The number of halogens is 2. The van der Waals surface area contributed by atoms with Crippen molar-refractivity contribution in [1.29, 1.82) is 0 Å². The van der Waals surface area contributed by atoms with E-state index < -0.39 is 24.3 Å². The second-order valence-electron chi connectivity index (χ2n) is 7.61. The maximum Gasteiger partial charge on any atom is 0.229 e. The summed E-state index contributed by atoms with van der Waals surface area (Å²) in [5, 5.41) is 15.4. The van der Waals surface area contributed by atoms with Crippen LogP contribution in [0.3, 0.4) is 0 Å². The molecule has 4 rings (SSSR count). The molecule has 4 unspecified atom stereocenters. The molecule has 162 valence electrons. The molecule has 10 heteroatoms. The van der Waals surface area contributed by atoms with Gasteiger partial charge < -0.3 is 21.3 Å². The number of benzene rings is 2. The van der Waals surface area contributed by atoms with Gasteiger partial charge >= 0.3 is 0 Å². The van der Waals surface area contributed by atoms with Gasteiger partial charge in [-0.2, -0.15) is 0 Å². The standard InChI is InChI=1S/C21H21Cl2N5O3/c1-10-2-5-12(6-3-10)24-19(30)13-9-16(29)26-18-17(13)20(31)28-21(27-18)25-15-7-4-11(22)8-14(15)23/h2-8,13,17-18,21,25,27H,9H2,1H3,(H,24,30)(H,26,29)(H,28,31). The van der Waals surface area contributed by atoms with Crippen LogP contribution in [-0.2, 0) is 14.4 Å². The van der Waals surface area contributed by atoms with Crippen LogP contribution in [0.1, 0.15) is 12.0 Å². The number of rotatable bonds is 4. The van der Waals surface area contributed by atoms with E-state index in [1.54, 1.807) is 30.3 Å². The van der Waals surface area contributed by atoms with Crippen LogP contribution in [-0.4, -0.2) is 30.2 Å². The van der Waals surface area contributed by atoms with Gasteiger partial charge in [-0.1, -0.05) is 40.9 Å². The Morgan fingerprint density at radius 2 is 1.81 bits per heavy atom. The molecule has 2 aromatic carbocycles. The van der Waals surface area contributed by atoms with Crippen molar-refractivity contribution in [3.8, 4) is 0 Å². The third-order valence-corrected chi connectivity index (χ3v) is 5.88. The summed E-state index contributed by atoms with van der Waals surface area (Å²) >= 11 is 12.1. The molecular formula is C21H21Cl2N5O3. The van der Waals surface area contributed by atoms with Crippen LogP contribution in [0.15, 0.2) is 42.5 Å². The first-order valence-corrected chi connectivity index (χ1v) is 10.5. The molecule has 0 saturated carbocycles. The number of hydrogen-bond acceptors (Lipinski definition) is 5. The highest BCUT2D eigenvalue weighted by Gasteiger charge is 2.48. The van der Waals surface area contributed by atoms with Gasteiger partial charge in [0, 0.05) is 17.1 Å². The first kappa shape index (κ1) is 21.4. The second kappa shape index (κ2) is 8.74. The Morgan fingerprint density at radius 1 is 1.06 bits per heavy atom. The van der Waals surface area contributed by atoms with Crippen molar-refractivity contribution < 1.29 is 14.4 Å². The topological polar surface area (TPSA) is 111 Å². The summed E-state index contributed by atoms with van der Waals surface area (Å²) in [5.74, 6) is -2.61. The van der Waals surface area contributed by atoms with Crippen molar-refractivity contribution in [2.45, 2.75) is 25.8 Å². The Bertz CT molecular complexity index is 1030. The first-order chi connectivity index (χ1) is 14.8. The van der Waals surface area contributed by atoms with Crippen molar-refractivity contribution in [2.75, 3.05) is 10.6 Å². The lowest BCUT2D eigenvalue weighted by atomic mass is 9.81. The number of nitrogens with one attached hydrogen (secondary N) is 5. The summed E-state index contributed by atoms with van der Waals surface area (Å²) in [6.07, 6.45) is -1.49. The van der Waals surface area contributed by atoms with Crippen molar-refractivity contribution in [3.63, 3.8) is 0 Å². The molecule has 2 heterocycles. The van der Waals surface area contributed by atoms with E-state index in [9.17, 15) is 14.4 Å². The van der Waals surface area contributed by atoms with E-state index in [4.69, 9.17) is 23.2 Å². The van der Waals surface area contributed by atoms with E-state index in [1.807, 2.05) is 19.1 Å². The van der Waals surface area contributed by atoms with Crippen LogP contribution < -0.4 is 26.6 Å². The normalized spacial score (nSPS) is 25.1. The van der Waals surface area contributed by atoms with Gasteiger partial charge in [0.25, 0.3) is 0 Å². The summed E-state index contributed by atoms with van der Waals surface area (Å²) in [4.78, 5) is 38.1. The highest BCUT2D eigenvalue weighted by molar-refractivity contribution is 6.36. The minimum absolute atomic E-state index is 0.0743. The average Bonchev–Trinajstić information content (AvgIpc) is 2.71. The summed E-state index contributed by atoms with van der Waals surface area (Å²) < 4.78 is 0. The molecular weight excluding hydrogens is 441 g/mol. The quantitative estimate of drug-likeness (QED) is 0.480. The fourth-order valence-corrected chi connectivity index (χ4v) is 4.25. The number of carbonyl (C=O) groups is 3. The zero-order chi connectivity index (χ0) is 22.1. The third-order valence-electron chi connectivity index (χ3n) is 5.34. The van der Waals surface area contributed by atoms with E-state index in [1.165, 1.54) is 0 Å². The maximum absolute atomic E-state index is 12.9. The van der Waals surface area contributed by atoms with Crippen LogP contribution in [0.5, 0.6) is 0 Å². The van der Waals surface area contributed by atoms with Gasteiger partial charge in [0.15, 0.2) is 6.29 Å². The number of anilines is 2. The highest BCUT2D eigenvalue weighted by atomic mass is 35.5. The summed E-state index contributed by atoms with van der Waals surface area (Å²) in [5.41, 5.74) is 2.22. The molecule has 0 aliphatic carbocycles. The Labute approximate surface area is 189 Å². The number of amides is 3. The Hall–Kier alpha value is -2.81. The average molecular weight is 462 g/mol. The van der Waals surface area contributed by atoms with Crippen molar-refractivity contribution in [3.05, 3.63) is 58.1 Å². The summed E-state index contributed by atoms with van der Waals surface area (Å²) in [7, 11) is 0. The van der Waals surface area contributed by atoms with Crippen LogP contribution in [0.25, 0.3) is 0 Å². The monoisotopic (exact) mass is 461 g/mol. The van der Waals surface area contributed by atoms with E-state index in [-0.39, 0.29) is 24.1 Å². The minimum atomic E-state index is -0.812. The number of piperidine rings is 1. The molecule has 2 aliphatic rings. The van der Waals surface area contributed by atoms with E-state index in [0.717, 1.165) is 5.56 Å². The van der Waals surface area contributed by atoms with Crippen molar-refractivity contribution in [2.24, 2.45) is 11.8 Å². The molecule has 0 spiro atoms. The molecule has 5 N–H and O–H groups in total. The highest BCUT2D eigenvalue weighted by Crippen LogP contribution is 2.29. The summed E-state index contributed by atoms with van der Waals surface area (Å²) in [6.45, 7) is 1.95. The molecule has 2 fully saturated rings. The largest absolute Gasteiger partial charge is 0.352 e. The van der Waals surface area contributed by atoms with Gasteiger partial charge in [0.2, 0.25) is 17.7 Å². The van der Waals surface area contributed by atoms with Gasteiger partial charge in [-0.25, -0.2) is 0 Å². The Morgan fingerprint density at radius 3 is 2.52 bits per heavy atom. The van der Waals surface area contributed by atoms with E-state index >= 15 is 0 Å². The third kappa shape index (κ3) is 4.76. The molecule has 4 atom stereocenters. The van der Waals surface area contributed by atoms with Gasteiger partial charge in [0.1, 0.15) is 0 Å². The predicted molar refractivity (Wildman–Crippen MR) is 118 cm³/mol. The molecule has 0 radical (unpaired) electrons. The van der Waals surface area contributed by atoms with E-state index in [2.05, 4.69) is 26.6 Å². The SMILES string of the molecule is Cc1ccc(NC(=O)C2CC(=O)NC3NC(Nc4ccc(Cl)cc4Cl)NC(=O)C32)cc1. The maximum atomic E-state index is 12.9.